The molecule has 3 aromatic rings. The fourth-order valence-corrected chi connectivity index (χ4v) is 3.64. The Kier molecular flexibility index (Phi) is 7.72. The Labute approximate surface area is 209 Å². The van der Waals surface area contributed by atoms with Crippen LogP contribution in [-0.4, -0.2) is 49.3 Å². The van der Waals surface area contributed by atoms with Gasteiger partial charge in [-0.3, -0.25) is 14.2 Å². The Bertz CT molecular complexity index is 1280. The third-order valence-corrected chi connectivity index (χ3v) is 5.14. The highest BCUT2D eigenvalue weighted by Crippen LogP contribution is 2.39. The van der Waals surface area contributed by atoms with Crippen molar-refractivity contribution in [1.29, 1.82) is 0 Å². The van der Waals surface area contributed by atoms with Gasteiger partial charge in [0.25, 0.3) is 0 Å². The van der Waals surface area contributed by atoms with E-state index in [1.807, 2.05) is 0 Å². The Hall–Kier alpha value is -4.27. The molecule has 3 rings (SSSR count). The van der Waals surface area contributed by atoms with Gasteiger partial charge in [-0.2, -0.15) is 0 Å². The van der Waals surface area contributed by atoms with E-state index < -0.39 is 17.5 Å². The largest absolute Gasteiger partial charge is 0.493 e. The smallest absolute Gasteiger partial charge is 0.418 e. The van der Waals surface area contributed by atoms with E-state index in [0.717, 1.165) is 0 Å². The first-order chi connectivity index (χ1) is 17.0. The van der Waals surface area contributed by atoms with Crippen LogP contribution in [0.5, 0.6) is 17.2 Å². The molecule has 0 aliphatic carbocycles. The topological polar surface area (TPSA) is 105 Å². The normalized spacial score (nSPS) is 11.0. The van der Waals surface area contributed by atoms with Gasteiger partial charge in [0, 0.05) is 24.2 Å². The number of amides is 1. The van der Waals surface area contributed by atoms with Gasteiger partial charge in [-0.1, -0.05) is 6.07 Å². The second-order valence-corrected chi connectivity index (χ2v) is 8.93. The molecule has 1 aromatic heterocycles. The molecule has 0 spiro atoms. The molecule has 190 valence electrons. The van der Waals surface area contributed by atoms with Gasteiger partial charge in [0.2, 0.25) is 11.7 Å². The van der Waals surface area contributed by atoms with Crippen molar-refractivity contribution in [2.24, 2.45) is 0 Å². The summed E-state index contributed by atoms with van der Waals surface area (Å²) in [7, 11) is 4.39. The molecule has 9 nitrogen and oxygen atoms in total. The second-order valence-electron chi connectivity index (χ2n) is 8.93. The lowest BCUT2D eigenvalue weighted by Crippen LogP contribution is -2.27. The zero-order valence-electron chi connectivity index (χ0n) is 21.4. The molecular formula is C27H30N2O7. The number of anilines is 1. The molecule has 0 unspecified atom stereocenters. The van der Waals surface area contributed by atoms with Crippen molar-refractivity contribution in [3.05, 3.63) is 59.8 Å². The maximum atomic E-state index is 13.7. The van der Waals surface area contributed by atoms with Crippen molar-refractivity contribution >= 4 is 23.5 Å². The summed E-state index contributed by atoms with van der Waals surface area (Å²) in [4.78, 5) is 38.3. The minimum absolute atomic E-state index is 0.217. The van der Waals surface area contributed by atoms with Crippen LogP contribution in [0, 0.1) is 0 Å². The second kappa shape index (κ2) is 10.6. The minimum atomic E-state index is -0.679. The quantitative estimate of drug-likeness (QED) is 0.453. The van der Waals surface area contributed by atoms with E-state index in [9.17, 15) is 14.4 Å². The Morgan fingerprint density at radius 3 is 2.06 bits per heavy atom. The minimum Gasteiger partial charge on any atom is -0.493 e. The number of carbonyl (C=O) groups is 3. The maximum absolute atomic E-state index is 13.7. The number of ether oxygens (including phenoxy) is 4. The summed E-state index contributed by atoms with van der Waals surface area (Å²) >= 11 is 0. The van der Waals surface area contributed by atoms with Gasteiger partial charge in [0.05, 0.1) is 32.7 Å². The first kappa shape index (κ1) is 26.3. The van der Waals surface area contributed by atoms with Gasteiger partial charge >= 0.3 is 6.09 Å². The van der Waals surface area contributed by atoms with Crippen molar-refractivity contribution in [2.75, 3.05) is 26.6 Å². The molecule has 9 heteroatoms. The van der Waals surface area contributed by atoms with Crippen LogP contribution in [0.3, 0.4) is 0 Å². The number of rotatable bonds is 7. The van der Waals surface area contributed by atoms with Crippen LogP contribution < -0.4 is 19.5 Å². The van der Waals surface area contributed by atoms with Crippen LogP contribution in [0.25, 0.3) is 11.3 Å². The molecule has 0 saturated carbocycles. The number of ketones is 1. The van der Waals surface area contributed by atoms with Crippen molar-refractivity contribution in [2.45, 2.75) is 33.3 Å². The monoisotopic (exact) mass is 494 g/mol. The fraction of sp³-hybridized carbons (Fsp3) is 0.296. The van der Waals surface area contributed by atoms with Crippen LogP contribution in [0.4, 0.5) is 10.5 Å². The van der Waals surface area contributed by atoms with E-state index >= 15 is 0 Å². The molecule has 0 saturated heterocycles. The zero-order chi connectivity index (χ0) is 26.6. The van der Waals surface area contributed by atoms with Crippen molar-refractivity contribution < 1.29 is 33.3 Å². The lowest BCUT2D eigenvalue weighted by atomic mass is 9.97. The predicted octanol–water partition coefficient (Wildman–Crippen LogP) is 5.15. The van der Waals surface area contributed by atoms with Gasteiger partial charge in [0.1, 0.15) is 5.60 Å². The molecule has 0 radical (unpaired) electrons. The summed E-state index contributed by atoms with van der Waals surface area (Å²) in [5.41, 5.74) is 1.22. The molecule has 36 heavy (non-hydrogen) atoms. The lowest BCUT2D eigenvalue weighted by Gasteiger charge is -2.20. The molecule has 2 aromatic carbocycles. The molecule has 0 fully saturated rings. The average Bonchev–Trinajstić information content (AvgIpc) is 3.31. The number of nitrogens with zero attached hydrogens (tertiary/aromatic N) is 1. The van der Waals surface area contributed by atoms with E-state index in [0.29, 0.717) is 34.2 Å². The van der Waals surface area contributed by atoms with Gasteiger partial charge < -0.3 is 24.3 Å². The molecule has 1 N–H and O–H groups in total. The molecule has 1 heterocycles. The third-order valence-electron chi connectivity index (χ3n) is 5.14. The number of hydrogen-bond acceptors (Lipinski definition) is 7. The summed E-state index contributed by atoms with van der Waals surface area (Å²) in [5, 5.41) is 2.70. The van der Waals surface area contributed by atoms with E-state index in [1.165, 1.54) is 45.0 Å². The summed E-state index contributed by atoms with van der Waals surface area (Å²) < 4.78 is 23.0. The van der Waals surface area contributed by atoms with Crippen LogP contribution in [0.2, 0.25) is 0 Å². The zero-order valence-corrected chi connectivity index (χ0v) is 21.4. The van der Waals surface area contributed by atoms with Crippen molar-refractivity contribution in [1.82, 2.24) is 4.57 Å². The Balaban J connectivity index is 2.14. The number of carbonyl (C=O) groups excluding carboxylic acids is 3. The van der Waals surface area contributed by atoms with Crippen molar-refractivity contribution in [3.63, 3.8) is 0 Å². The fourth-order valence-electron chi connectivity index (χ4n) is 3.64. The van der Waals surface area contributed by atoms with Crippen LogP contribution >= 0.6 is 0 Å². The summed E-state index contributed by atoms with van der Waals surface area (Å²) in [5.74, 6) is 0.254. The standard InChI is InChI=1S/C27H30N2O7/c1-16(30)28-20-11-10-17(21-9-8-12-29(21)26(32)36-27(2,3)4)13-19(20)24(31)18-14-22(33-5)25(35-7)23(15-18)34-6/h8-15H,1-7H3,(H,28,30). The van der Waals surface area contributed by atoms with E-state index in [2.05, 4.69) is 5.32 Å². The van der Waals surface area contributed by atoms with Crippen molar-refractivity contribution in [3.8, 4) is 28.5 Å². The molecule has 0 atom stereocenters. The number of nitrogens with one attached hydrogen (secondary N) is 1. The number of aromatic nitrogens is 1. The highest BCUT2D eigenvalue weighted by Gasteiger charge is 2.23. The number of hydrogen-bond donors (Lipinski definition) is 1. The van der Waals surface area contributed by atoms with E-state index in [-0.39, 0.29) is 17.0 Å². The highest BCUT2D eigenvalue weighted by atomic mass is 16.6. The molecule has 0 aliphatic heterocycles. The number of benzene rings is 2. The SMILES string of the molecule is COc1cc(C(=O)c2cc(-c3cccn3C(=O)OC(C)(C)C)ccc2NC(C)=O)cc(OC)c1OC. The van der Waals surface area contributed by atoms with Gasteiger partial charge in [-0.15, -0.1) is 0 Å². The average molecular weight is 495 g/mol. The van der Waals surface area contributed by atoms with Crippen LogP contribution in [0.15, 0.2) is 48.7 Å². The molecule has 1 amide bonds. The number of methoxy groups -OCH3 is 3. The summed E-state index contributed by atoms with van der Waals surface area (Å²) in [6, 6.07) is 11.5. The highest BCUT2D eigenvalue weighted by molar-refractivity contribution is 6.15. The first-order valence-electron chi connectivity index (χ1n) is 11.2. The molecular weight excluding hydrogens is 464 g/mol. The van der Waals surface area contributed by atoms with Gasteiger partial charge in [0.15, 0.2) is 17.3 Å². The Morgan fingerprint density at radius 2 is 1.53 bits per heavy atom. The predicted molar refractivity (Wildman–Crippen MR) is 135 cm³/mol. The van der Waals surface area contributed by atoms with Gasteiger partial charge in [-0.05, 0) is 62.7 Å². The van der Waals surface area contributed by atoms with E-state index in [4.69, 9.17) is 18.9 Å². The first-order valence-corrected chi connectivity index (χ1v) is 11.2. The summed E-state index contributed by atoms with van der Waals surface area (Å²) in [6.07, 6.45) is 1.04. The molecule has 0 bridgehead atoms. The van der Waals surface area contributed by atoms with Crippen LogP contribution in [-0.2, 0) is 9.53 Å². The molecule has 0 aliphatic rings. The van der Waals surface area contributed by atoms with Crippen LogP contribution in [0.1, 0.15) is 43.6 Å². The third kappa shape index (κ3) is 5.68. The van der Waals surface area contributed by atoms with E-state index in [1.54, 1.807) is 57.3 Å². The van der Waals surface area contributed by atoms with Gasteiger partial charge in [-0.25, -0.2) is 4.79 Å². The summed E-state index contributed by atoms with van der Waals surface area (Å²) in [6.45, 7) is 6.70. The lowest BCUT2D eigenvalue weighted by molar-refractivity contribution is -0.114. The Morgan fingerprint density at radius 1 is 0.889 bits per heavy atom. The maximum Gasteiger partial charge on any atom is 0.418 e.